The van der Waals surface area contributed by atoms with E-state index in [0.717, 1.165) is 10.9 Å². The first-order valence-electron chi connectivity index (χ1n) is 5.37. The first-order chi connectivity index (χ1) is 8.77. The zero-order valence-electron chi connectivity index (χ0n) is 9.55. The van der Waals surface area contributed by atoms with Crippen molar-refractivity contribution in [2.24, 2.45) is 0 Å². The van der Waals surface area contributed by atoms with Crippen molar-refractivity contribution in [3.63, 3.8) is 0 Å². The van der Waals surface area contributed by atoms with E-state index >= 15 is 0 Å². The van der Waals surface area contributed by atoms with Gasteiger partial charge in [0.2, 0.25) is 0 Å². The molecule has 0 aliphatic rings. The lowest BCUT2D eigenvalue weighted by atomic mass is 10.1. The fourth-order valence-corrected chi connectivity index (χ4v) is 1.79. The van der Waals surface area contributed by atoms with Crippen LogP contribution < -0.4 is 0 Å². The Morgan fingerprint density at radius 2 is 1.89 bits per heavy atom. The standard InChI is InChI=1S/C13H10N4O/c14-5-7-17(8-6-15)13(18)11-9-16-12-4-2-1-3-10(11)12/h1-4,9,16H,7-8H2. The molecule has 0 bridgehead atoms. The van der Waals surface area contributed by atoms with Crippen LogP contribution in [0.3, 0.4) is 0 Å². The molecular formula is C13H10N4O. The zero-order valence-corrected chi connectivity index (χ0v) is 9.55. The molecule has 0 unspecified atom stereocenters. The second kappa shape index (κ2) is 5.03. The molecule has 0 fully saturated rings. The molecule has 0 saturated heterocycles. The van der Waals surface area contributed by atoms with Crippen molar-refractivity contribution in [2.45, 2.75) is 0 Å². The van der Waals surface area contributed by atoms with E-state index < -0.39 is 0 Å². The third kappa shape index (κ3) is 2.02. The van der Waals surface area contributed by atoms with Crippen molar-refractivity contribution in [1.82, 2.24) is 9.88 Å². The first kappa shape index (κ1) is 11.7. The molecule has 1 amide bonds. The summed E-state index contributed by atoms with van der Waals surface area (Å²) in [5.41, 5.74) is 1.34. The van der Waals surface area contributed by atoms with Crippen LogP contribution in [0.25, 0.3) is 10.9 Å². The smallest absolute Gasteiger partial charge is 0.257 e. The lowest BCUT2D eigenvalue weighted by Crippen LogP contribution is -2.31. The number of nitrogens with one attached hydrogen (secondary N) is 1. The molecule has 18 heavy (non-hydrogen) atoms. The Hall–Kier alpha value is -2.79. The summed E-state index contributed by atoms with van der Waals surface area (Å²) in [7, 11) is 0. The number of nitrogens with zero attached hydrogens (tertiary/aromatic N) is 3. The summed E-state index contributed by atoms with van der Waals surface area (Å²) in [6.07, 6.45) is 1.61. The van der Waals surface area contributed by atoms with E-state index in [1.54, 1.807) is 6.20 Å². The molecule has 0 atom stereocenters. The molecule has 5 heteroatoms. The van der Waals surface area contributed by atoms with Crippen LogP contribution >= 0.6 is 0 Å². The van der Waals surface area contributed by atoms with Crippen molar-refractivity contribution in [3.8, 4) is 12.1 Å². The number of rotatable bonds is 3. The van der Waals surface area contributed by atoms with Crippen molar-refractivity contribution in [1.29, 1.82) is 10.5 Å². The quantitative estimate of drug-likeness (QED) is 0.825. The molecular weight excluding hydrogens is 228 g/mol. The number of nitriles is 2. The van der Waals surface area contributed by atoms with Gasteiger partial charge in [0.15, 0.2) is 0 Å². The maximum Gasteiger partial charge on any atom is 0.257 e. The fraction of sp³-hybridized carbons (Fsp3) is 0.154. The second-order valence-electron chi connectivity index (χ2n) is 3.73. The molecule has 1 aromatic carbocycles. The lowest BCUT2D eigenvalue weighted by molar-refractivity contribution is 0.0796. The van der Waals surface area contributed by atoms with Gasteiger partial charge in [0.25, 0.3) is 5.91 Å². The zero-order chi connectivity index (χ0) is 13.0. The number of benzene rings is 1. The van der Waals surface area contributed by atoms with Crippen molar-refractivity contribution in [2.75, 3.05) is 13.1 Å². The third-order valence-electron chi connectivity index (χ3n) is 2.63. The van der Waals surface area contributed by atoms with Crippen molar-refractivity contribution in [3.05, 3.63) is 36.0 Å². The molecule has 5 nitrogen and oxygen atoms in total. The van der Waals surface area contributed by atoms with Gasteiger partial charge in [0.05, 0.1) is 17.7 Å². The van der Waals surface area contributed by atoms with Gasteiger partial charge in [0, 0.05) is 17.1 Å². The molecule has 1 N–H and O–H groups in total. The Bertz CT molecular complexity index is 643. The topological polar surface area (TPSA) is 83.7 Å². The van der Waals surface area contributed by atoms with Gasteiger partial charge in [-0.2, -0.15) is 10.5 Å². The Kier molecular flexibility index (Phi) is 3.26. The molecule has 0 aliphatic heterocycles. The molecule has 2 aromatic rings. The Labute approximate surface area is 104 Å². The number of carbonyl (C=O) groups excluding carboxylic acids is 1. The van der Waals surface area contributed by atoms with E-state index in [1.165, 1.54) is 4.90 Å². The summed E-state index contributed by atoms with van der Waals surface area (Å²) in [4.78, 5) is 16.4. The maximum absolute atomic E-state index is 12.2. The van der Waals surface area contributed by atoms with Gasteiger partial charge in [-0.05, 0) is 6.07 Å². The van der Waals surface area contributed by atoms with Gasteiger partial charge in [-0.15, -0.1) is 0 Å². The number of amides is 1. The van der Waals surface area contributed by atoms with Crippen molar-refractivity contribution >= 4 is 16.8 Å². The Morgan fingerprint density at radius 3 is 2.56 bits per heavy atom. The SMILES string of the molecule is N#CCN(CC#N)C(=O)c1c[nH]c2ccccc12. The van der Waals surface area contributed by atoms with Gasteiger partial charge in [-0.25, -0.2) is 0 Å². The minimum absolute atomic E-state index is 0.0914. The maximum atomic E-state index is 12.2. The van der Waals surface area contributed by atoms with Crippen LogP contribution in [0.5, 0.6) is 0 Å². The van der Waals surface area contributed by atoms with Gasteiger partial charge in [-0.3, -0.25) is 4.79 Å². The lowest BCUT2D eigenvalue weighted by Gasteiger charge is -2.14. The van der Waals surface area contributed by atoms with Gasteiger partial charge in [0.1, 0.15) is 13.1 Å². The number of fused-ring (bicyclic) bond motifs is 1. The highest BCUT2D eigenvalue weighted by atomic mass is 16.2. The molecule has 0 spiro atoms. The van der Waals surface area contributed by atoms with E-state index in [0.29, 0.717) is 5.56 Å². The number of hydrogen-bond donors (Lipinski definition) is 1. The highest BCUT2D eigenvalue weighted by molar-refractivity contribution is 6.06. The number of hydrogen-bond acceptors (Lipinski definition) is 3. The molecule has 1 aromatic heterocycles. The normalized spacial score (nSPS) is 9.67. The minimum Gasteiger partial charge on any atom is -0.360 e. The third-order valence-corrected chi connectivity index (χ3v) is 2.63. The number of aromatic nitrogens is 1. The van der Waals surface area contributed by atoms with E-state index in [2.05, 4.69) is 4.98 Å². The fourth-order valence-electron chi connectivity index (χ4n) is 1.79. The number of carbonyl (C=O) groups is 1. The van der Waals surface area contributed by atoms with Crippen LogP contribution in [0, 0.1) is 22.7 Å². The largest absolute Gasteiger partial charge is 0.360 e. The van der Waals surface area contributed by atoms with Gasteiger partial charge < -0.3 is 9.88 Å². The number of aromatic amines is 1. The highest BCUT2D eigenvalue weighted by Crippen LogP contribution is 2.19. The van der Waals surface area contributed by atoms with E-state index in [4.69, 9.17) is 10.5 Å². The minimum atomic E-state index is -0.310. The summed E-state index contributed by atoms with van der Waals surface area (Å²) >= 11 is 0. The van der Waals surface area contributed by atoms with Gasteiger partial charge in [-0.1, -0.05) is 18.2 Å². The average Bonchev–Trinajstić information content (AvgIpc) is 2.81. The molecule has 1 heterocycles. The number of H-pyrrole nitrogens is 1. The average molecular weight is 238 g/mol. The summed E-state index contributed by atoms with van der Waals surface area (Å²) in [5.74, 6) is -0.310. The highest BCUT2D eigenvalue weighted by Gasteiger charge is 2.18. The Balaban J connectivity index is 2.39. The Morgan fingerprint density at radius 1 is 1.22 bits per heavy atom. The van der Waals surface area contributed by atoms with Gasteiger partial charge >= 0.3 is 0 Å². The molecule has 0 saturated carbocycles. The first-order valence-corrected chi connectivity index (χ1v) is 5.37. The molecule has 0 radical (unpaired) electrons. The van der Waals surface area contributed by atoms with Crippen LogP contribution in [0.2, 0.25) is 0 Å². The second-order valence-corrected chi connectivity index (χ2v) is 3.73. The summed E-state index contributed by atoms with van der Waals surface area (Å²) in [6.45, 7) is -0.183. The molecule has 0 aliphatic carbocycles. The predicted octanol–water partition coefficient (Wildman–Crippen LogP) is 1.66. The molecule has 88 valence electrons. The van der Waals surface area contributed by atoms with Crippen LogP contribution in [0.15, 0.2) is 30.5 Å². The van der Waals surface area contributed by atoms with E-state index in [9.17, 15) is 4.79 Å². The van der Waals surface area contributed by atoms with E-state index in [-0.39, 0.29) is 19.0 Å². The summed E-state index contributed by atoms with van der Waals surface area (Å²) in [6, 6.07) is 11.2. The van der Waals surface area contributed by atoms with Crippen molar-refractivity contribution < 1.29 is 4.79 Å². The van der Waals surface area contributed by atoms with Crippen LogP contribution in [-0.4, -0.2) is 28.9 Å². The monoisotopic (exact) mass is 238 g/mol. The van der Waals surface area contributed by atoms with Crippen LogP contribution in [0.1, 0.15) is 10.4 Å². The van der Waals surface area contributed by atoms with Crippen LogP contribution in [-0.2, 0) is 0 Å². The molecule has 2 rings (SSSR count). The van der Waals surface area contributed by atoms with E-state index in [1.807, 2.05) is 36.4 Å². The predicted molar refractivity (Wildman–Crippen MR) is 65.4 cm³/mol. The number of para-hydroxylation sites is 1. The summed E-state index contributed by atoms with van der Waals surface area (Å²) in [5, 5.41) is 18.1. The van der Waals surface area contributed by atoms with Crippen LogP contribution in [0.4, 0.5) is 0 Å². The summed E-state index contributed by atoms with van der Waals surface area (Å²) < 4.78 is 0.